The zero-order chi connectivity index (χ0) is 17.9. The van der Waals surface area contributed by atoms with E-state index in [1.165, 1.54) is 101 Å². The molecule has 2 atom stereocenters. The van der Waals surface area contributed by atoms with Crippen LogP contribution in [-0.2, 0) is 0 Å². The molecule has 0 heterocycles. The summed E-state index contributed by atoms with van der Waals surface area (Å²) < 4.78 is 15.0. The summed E-state index contributed by atoms with van der Waals surface area (Å²) in [4.78, 5) is 0. The van der Waals surface area contributed by atoms with E-state index < -0.39 is 0 Å². The lowest BCUT2D eigenvalue weighted by atomic mass is 9.70. The Kier molecular flexibility index (Phi) is 9.88. The van der Waals surface area contributed by atoms with Gasteiger partial charge in [0.15, 0.2) is 0 Å². The third-order valence-electron chi connectivity index (χ3n) is 6.43. The molecule has 0 amide bonds. The van der Waals surface area contributed by atoms with Crippen LogP contribution in [0.1, 0.15) is 117 Å². The monoisotopic (exact) mass is 348 g/mol. The van der Waals surface area contributed by atoms with Crippen molar-refractivity contribution in [1.29, 1.82) is 0 Å². The van der Waals surface area contributed by atoms with Gasteiger partial charge in [0.1, 0.15) is 5.83 Å². The third-order valence-corrected chi connectivity index (χ3v) is 6.43. The van der Waals surface area contributed by atoms with Gasteiger partial charge < -0.3 is 0 Å². The first-order valence-corrected chi connectivity index (χ1v) is 11.4. The Hall–Kier alpha value is -0.590. The maximum Gasteiger partial charge on any atom is 0.122 e. The fourth-order valence-corrected chi connectivity index (χ4v) is 4.95. The highest BCUT2D eigenvalue weighted by Gasteiger charge is 2.32. The molecule has 0 aromatic heterocycles. The van der Waals surface area contributed by atoms with Gasteiger partial charge >= 0.3 is 0 Å². The molecule has 0 aromatic carbocycles. The number of allylic oxidation sites excluding steroid dienone is 4. The van der Waals surface area contributed by atoms with Gasteiger partial charge in [-0.25, -0.2) is 4.39 Å². The zero-order valence-corrected chi connectivity index (χ0v) is 16.9. The molecular formula is C24H41F. The Morgan fingerprint density at radius 1 is 0.760 bits per heavy atom. The van der Waals surface area contributed by atoms with Gasteiger partial charge in [-0.05, 0) is 62.0 Å². The molecule has 1 saturated carbocycles. The SMILES string of the molecule is CCCCCCC1=C(F)C=C(CCCCC)C2CCCCCCCC12. The second kappa shape index (κ2) is 11.9. The molecule has 0 aliphatic heterocycles. The van der Waals surface area contributed by atoms with Crippen molar-refractivity contribution in [1.82, 2.24) is 0 Å². The minimum atomic E-state index is 0.156. The average molecular weight is 349 g/mol. The maximum atomic E-state index is 15.0. The molecule has 2 aliphatic carbocycles. The van der Waals surface area contributed by atoms with E-state index in [4.69, 9.17) is 0 Å². The van der Waals surface area contributed by atoms with E-state index in [-0.39, 0.29) is 5.83 Å². The normalized spacial score (nSPS) is 25.0. The molecule has 2 unspecified atom stereocenters. The summed E-state index contributed by atoms with van der Waals surface area (Å²) in [5.74, 6) is 1.32. The van der Waals surface area contributed by atoms with Crippen LogP contribution in [0.4, 0.5) is 4.39 Å². The summed E-state index contributed by atoms with van der Waals surface area (Å²) in [6.45, 7) is 4.51. The minimum absolute atomic E-state index is 0.156. The van der Waals surface area contributed by atoms with Gasteiger partial charge in [0.2, 0.25) is 0 Å². The lowest BCUT2D eigenvalue weighted by Crippen LogP contribution is -2.23. The van der Waals surface area contributed by atoms with Crippen LogP contribution < -0.4 is 0 Å². The molecule has 0 spiro atoms. The van der Waals surface area contributed by atoms with E-state index in [9.17, 15) is 0 Å². The third kappa shape index (κ3) is 6.57. The summed E-state index contributed by atoms with van der Waals surface area (Å²) in [7, 11) is 0. The van der Waals surface area contributed by atoms with Gasteiger partial charge in [0.25, 0.3) is 0 Å². The predicted octanol–water partition coefficient (Wildman–Crippen LogP) is 8.68. The van der Waals surface area contributed by atoms with Crippen LogP contribution in [-0.4, -0.2) is 0 Å². The maximum absolute atomic E-state index is 15.0. The van der Waals surface area contributed by atoms with E-state index in [2.05, 4.69) is 13.8 Å². The average Bonchev–Trinajstić information content (AvgIpc) is 2.73. The molecule has 0 N–H and O–H groups in total. The van der Waals surface area contributed by atoms with Crippen LogP contribution in [0.5, 0.6) is 0 Å². The van der Waals surface area contributed by atoms with E-state index in [0.717, 1.165) is 12.8 Å². The number of fused-ring (bicyclic) bond motifs is 1. The second-order valence-corrected chi connectivity index (χ2v) is 8.42. The molecule has 0 aromatic rings. The Labute approximate surface area is 156 Å². The van der Waals surface area contributed by atoms with Crippen molar-refractivity contribution >= 4 is 0 Å². The van der Waals surface area contributed by atoms with Crippen molar-refractivity contribution in [2.45, 2.75) is 117 Å². The van der Waals surface area contributed by atoms with Crippen LogP contribution in [0, 0.1) is 11.8 Å². The van der Waals surface area contributed by atoms with Gasteiger partial charge in [-0.2, -0.15) is 0 Å². The van der Waals surface area contributed by atoms with Crippen molar-refractivity contribution in [2.75, 3.05) is 0 Å². The van der Waals surface area contributed by atoms with Crippen molar-refractivity contribution in [3.8, 4) is 0 Å². The number of hydrogen-bond donors (Lipinski definition) is 0. The lowest BCUT2D eigenvalue weighted by molar-refractivity contribution is 0.338. The smallest absolute Gasteiger partial charge is 0.122 e. The molecule has 144 valence electrons. The van der Waals surface area contributed by atoms with E-state index >= 15 is 4.39 Å². The fraction of sp³-hybridized carbons (Fsp3) is 0.833. The predicted molar refractivity (Wildman–Crippen MR) is 108 cm³/mol. The van der Waals surface area contributed by atoms with Crippen LogP contribution >= 0.6 is 0 Å². The molecule has 2 rings (SSSR count). The minimum Gasteiger partial charge on any atom is -0.207 e. The first-order valence-electron chi connectivity index (χ1n) is 11.4. The summed E-state index contributed by atoms with van der Waals surface area (Å²) in [5, 5.41) is 0. The zero-order valence-electron chi connectivity index (χ0n) is 16.9. The summed E-state index contributed by atoms with van der Waals surface area (Å²) in [6, 6.07) is 0. The largest absolute Gasteiger partial charge is 0.207 e. The first-order chi connectivity index (χ1) is 12.3. The summed E-state index contributed by atoms with van der Waals surface area (Å²) in [5.41, 5.74) is 2.65. The van der Waals surface area contributed by atoms with E-state index in [1.54, 1.807) is 0 Å². The Morgan fingerprint density at radius 3 is 2.08 bits per heavy atom. The van der Waals surface area contributed by atoms with Crippen LogP contribution in [0.3, 0.4) is 0 Å². The number of unbranched alkanes of at least 4 members (excludes halogenated alkanes) is 5. The van der Waals surface area contributed by atoms with Crippen molar-refractivity contribution < 1.29 is 4.39 Å². The number of hydrogen-bond acceptors (Lipinski definition) is 0. The summed E-state index contributed by atoms with van der Waals surface area (Å²) >= 11 is 0. The lowest BCUT2D eigenvalue weighted by Gasteiger charge is -2.35. The van der Waals surface area contributed by atoms with Crippen molar-refractivity contribution in [2.24, 2.45) is 11.8 Å². The number of rotatable bonds is 9. The fourth-order valence-electron chi connectivity index (χ4n) is 4.95. The highest BCUT2D eigenvalue weighted by Crippen LogP contribution is 2.45. The van der Waals surface area contributed by atoms with Crippen molar-refractivity contribution in [3.05, 3.63) is 23.0 Å². The molecule has 1 heteroatoms. The van der Waals surface area contributed by atoms with Gasteiger partial charge in [-0.3, -0.25) is 0 Å². The Morgan fingerprint density at radius 2 is 1.36 bits per heavy atom. The number of halogens is 1. The van der Waals surface area contributed by atoms with E-state index in [0.29, 0.717) is 11.8 Å². The second-order valence-electron chi connectivity index (χ2n) is 8.42. The molecular weight excluding hydrogens is 307 g/mol. The highest BCUT2D eigenvalue weighted by molar-refractivity contribution is 5.34. The van der Waals surface area contributed by atoms with E-state index in [1.807, 2.05) is 6.08 Å². The molecule has 25 heavy (non-hydrogen) atoms. The first kappa shape index (κ1) is 20.7. The molecule has 1 fully saturated rings. The Balaban J connectivity index is 2.13. The van der Waals surface area contributed by atoms with Gasteiger partial charge in [-0.1, -0.05) is 83.6 Å². The van der Waals surface area contributed by atoms with Crippen LogP contribution in [0.15, 0.2) is 23.0 Å². The molecule has 0 bridgehead atoms. The quantitative estimate of drug-likeness (QED) is 0.365. The van der Waals surface area contributed by atoms with Gasteiger partial charge in [0.05, 0.1) is 0 Å². The van der Waals surface area contributed by atoms with Crippen LogP contribution in [0.2, 0.25) is 0 Å². The Bertz CT molecular complexity index is 431. The standard InChI is InChI=1S/C24H41F/c1-3-5-7-12-18-23-22-17-14-10-8-9-13-16-21(22)20(19-24(23)25)15-11-6-4-2/h19,21-22H,3-18H2,1-2H3. The topological polar surface area (TPSA) is 0 Å². The van der Waals surface area contributed by atoms with Crippen LogP contribution in [0.25, 0.3) is 0 Å². The molecule has 2 aliphatic rings. The van der Waals surface area contributed by atoms with Crippen molar-refractivity contribution in [3.63, 3.8) is 0 Å². The van der Waals surface area contributed by atoms with Gasteiger partial charge in [-0.15, -0.1) is 0 Å². The highest BCUT2D eigenvalue weighted by atomic mass is 19.1. The summed E-state index contributed by atoms with van der Waals surface area (Å²) in [6.07, 6.45) is 22.2. The van der Waals surface area contributed by atoms with Gasteiger partial charge in [0, 0.05) is 0 Å². The molecule has 0 saturated heterocycles. The molecule has 0 nitrogen and oxygen atoms in total. The molecule has 0 radical (unpaired) electrons.